The predicted molar refractivity (Wildman–Crippen MR) is 114 cm³/mol. The van der Waals surface area contributed by atoms with E-state index in [0.29, 0.717) is 18.8 Å². The minimum atomic E-state index is -0.0198. The van der Waals surface area contributed by atoms with Gasteiger partial charge in [0.15, 0.2) is 0 Å². The maximum absolute atomic E-state index is 12.6. The number of carbonyl (C=O) groups is 2. The van der Waals surface area contributed by atoms with Crippen molar-refractivity contribution in [3.63, 3.8) is 0 Å². The van der Waals surface area contributed by atoms with Gasteiger partial charge < -0.3 is 10.2 Å². The highest BCUT2D eigenvalue weighted by Crippen LogP contribution is 2.28. The summed E-state index contributed by atoms with van der Waals surface area (Å²) in [7, 11) is 0. The van der Waals surface area contributed by atoms with Crippen molar-refractivity contribution in [2.75, 3.05) is 24.2 Å². The van der Waals surface area contributed by atoms with E-state index >= 15 is 0 Å². The lowest BCUT2D eigenvalue weighted by atomic mass is 9.96. The van der Waals surface area contributed by atoms with Gasteiger partial charge >= 0.3 is 0 Å². The van der Waals surface area contributed by atoms with Gasteiger partial charge in [-0.05, 0) is 67.5 Å². The summed E-state index contributed by atoms with van der Waals surface area (Å²) in [6.07, 6.45) is 5.05. The number of carbonyl (C=O) groups excluding carboxylic acids is 2. The average Bonchev–Trinajstić information content (AvgIpc) is 3.21. The van der Waals surface area contributed by atoms with Gasteiger partial charge in [0, 0.05) is 29.6 Å². The molecule has 0 unspecified atom stereocenters. The quantitative estimate of drug-likeness (QED) is 0.775. The normalized spacial score (nSPS) is 16.6. The molecule has 2 aromatic carbocycles. The largest absolute Gasteiger partial charge is 0.342 e. The second-order valence-corrected chi connectivity index (χ2v) is 8.63. The van der Waals surface area contributed by atoms with Crippen molar-refractivity contribution in [3.05, 3.63) is 59.7 Å². The lowest BCUT2D eigenvalue weighted by Gasteiger charge is -2.31. The van der Waals surface area contributed by atoms with Crippen LogP contribution in [-0.2, 0) is 22.4 Å². The predicted octanol–water partition coefficient (Wildman–Crippen LogP) is 4.14. The minimum Gasteiger partial charge on any atom is -0.342 e. The first-order valence-corrected chi connectivity index (χ1v) is 11.1. The SMILES string of the molecule is O=C(Nc1ccccc1)C1CCN(C(=O)CSc2ccc3c(c2)CCC3)CC1. The Labute approximate surface area is 170 Å². The van der Waals surface area contributed by atoms with E-state index in [2.05, 4.69) is 23.5 Å². The van der Waals surface area contributed by atoms with Gasteiger partial charge in [-0.1, -0.05) is 24.3 Å². The van der Waals surface area contributed by atoms with E-state index in [1.165, 1.54) is 28.9 Å². The van der Waals surface area contributed by atoms with E-state index in [-0.39, 0.29) is 17.7 Å². The summed E-state index contributed by atoms with van der Waals surface area (Å²) < 4.78 is 0. The molecular formula is C23H26N2O2S. The van der Waals surface area contributed by atoms with Gasteiger partial charge in [-0.25, -0.2) is 0 Å². The fourth-order valence-electron chi connectivity index (χ4n) is 4.03. The van der Waals surface area contributed by atoms with Gasteiger partial charge in [-0.3, -0.25) is 9.59 Å². The second kappa shape index (κ2) is 8.82. The van der Waals surface area contributed by atoms with Crippen LogP contribution in [0.4, 0.5) is 5.69 Å². The molecule has 1 heterocycles. The number of rotatable bonds is 5. The summed E-state index contributed by atoms with van der Waals surface area (Å²) in [5.74, 6) is 0.687. The molecule has 4 rings (SSSR count). The lowest BCUT2D eigenvalue weighted by Crippen LogP contribution is -2.42. The van der Waals surface area contributed by atoms with Crippen LogP contribution < -0.4 is 5.32 Å². The van der Waals surface area contributed by atoms with Crippen LogP contribution in [0.5, 0.6) is 0 Å². The molecular weight excluding hydrogens is 368 g/mol. The van der Waals surface area contributed by atoms with Crippen molar-refractivity contribution in [3.8, 4) is 0 Å². The van der Waals surface area contributed by atoms with E-state index in [4.69, 9.17) is 0 Å². The zero-order valence-electron chi connectivity index (χ0n) is 16.0. The summed E-state index contributed by atoms with van der Waals surface area (Å²) in [6, 6.07) is 16.2. The summed E-state index contributed by atoms with van der Waals surface area (Å²) in [5, 5.41) is 2.98. The van der Waals surface area contributed by atoms with Crippen LogP contribution in [0, 0.1) is 5.92 Å². The van der Waals surface area contributed by atoms with Crippen molar-refractivity contribution in [2.24, 2.45) is 5.92 Å². The van der Waals surface area contributed by atoms with Gasteiger partial charge in [0.1, 0.15) is 0 Å². The molecule has 4 nitrogen and oxygen atoms in total. The highest BCUT2D eigenvalue weighted by atomic mass is 32.2. The zero-order valence-corrected chi connectivity index (χ0v) is 16.8. The summed E-state index contributed by atoms with van der Waals surface area (Å²) in [5.41, 5.74) is 3.74. The Kier molecular flexibility index (Phi) is 6.01. The molecule has 146 valence electrons. The van der Waals surface area contributed by atoms with Gasteiger partial charge in [-0.2, -0.15) is 0 Å². The number of likely N-dealkylation sites (tertiary alicyclic amines) is 1. The number of anilines is 1. The lowest BCUT2D eigenvalue weighted by molar-refractivity contribution is -0.132. The third-order valence-electron chi connectivity index (χ3n) is 5.69. The number of amides is 2. The topological polar surface area (TPSA) is 49.4 Å². The van der Waals surface area contributed by atoms with Crippen LogP contribution in [0.1, 0.15) is 30.4 Å². The zero-order chi connectivity index (χ0) is 19.3. The van der Waals surface area contributed by atoms with Crippen LogP contribution in [-0.4, -0.2) is 35.6 Å². The number of thioether (sulfide) groups is 1. The third kappa shape index (κ3) is 4.58. The Morgan fingerprint density at radius 2 is 1.75 bits per heavy atom. The number of nitrogens with one attached hydrogen (secondary N) is 1. The molecule has 0 radical (unpaired) electrons. The number of piperidine rings is 1. The molecule has 1 aliphatic heterocycles. The Balaban J connectivity index is 1.23. The van der Waals surface area contributed by atoms with E-state index in [1.807, 2.05) is 35.2 Å². The molecule has 2 aromatic rings. The number of hydrogen-bond donors (Lipinski definition) is 1. The Morgan fingerprint density at radius 1 is 1.00 bits per heavy atom. The van der Waals surface area contributed by atoms with Crippen LogP contribution >= 0.6 is 11.8 Å². The summed E-state index contributed by atoms with van der Waals surface area (Å²) >= 11 is 1.63. The summed E-state index contributed by atoms with van der Waals surface area (Å²) in [4.78, 5) is 28.1. The molecule has 0 atom stereocenters. The number of benzene rings is 2. The van der Waals surface area contributed by atoms with E-state index < -0.39 is 0 Å². The van der Waals surface area contributed by atoms with Crippen molar-refractivity contribution in [2.45, 2.75) is 37.0 Å². The monoisotopic (exact) mass is 394 g/mol. The van der Waals surface area contributed by atoms with E-state index in [1.54, 1.807) is 11.8 Å². The third-order valence-corrected chi connectivity index (χ3v) is 6.67. The molecule has 0 saturated carbocycles. The molecule has 1 N–H and O–H groups in total. The molecule has 0 aromatic heterocycles. The second-order valence-electron chi connectivity index (χ2n) is 7.58. The molecule has 2 amide bonds. The average molecular weight is 395 g/mol. The van der Waals surface area contributed by atoms with Crippen molar-refractivity contribution < 1.29 is 9.59 Å². The number of nitrogens with zero attached hydrogens (tertiary/aromatic N) is 1. The highest BCUT2D eigenvalue weighted by Gasteiger charge is 2.27. The van der Waals surface area contributed by atoms with E-state index in [9.17, 15) is 9.59 Å². The van der Waals surface area contributed by atoms with E-state index in [0.717, 1.165) is 24.9 Å². The minimum absolute atomic E-state index is 0.0198. The Hall–Kier alpha value is -2.27. The van der Waals surface area contributed by atoms with Gasteiger partial charge in [0.25, 0.3) is 0 Å². The summed E-state index contributed by atoms with van der Waals surface area (Å²) in [6.45, 7) is 1.33. The first-order valence-electron chi connectivity index (χ1n) is 10.1. The van der Waals surface area contributed by atoms with Gasteiger partial charge in [-0.15, -0.1) is 11.8 Å². The smallest absolute Gasteiger partial charge is 0.232 e. The number of para-hydroxylation sites is 1. The number of fused-ring (bicyclic) bond motifs is 1. The van der Waals surface area contributed by atoms with Crippen LogP contribution in [0.15, 0.2) is 53.4 Å². The molecule has 2 aliphatic rings. The fraction of sp³-hybridized carbons (Fsp3) is 0.391. The van der Waals surface area contributed by atoms with Crippen molar-refractivity contribution in [1.82, 2.24) is 4.90 Å². The van der Waals surface area contributed by atoms with Gasteiger partial charge in [0.05, 0.1) is 5.75 Å². The molecule has 1 aliphatic carbocycles. The molecule has 0 bridgehead atoms. The standard InChI is InChI=1S/C23H26N2O2S/c26-22(16-28-21-10-9-17-5-4-6-19(17)15-21)25-13-11-18(12-14-25)23(27)24-20-7-2-1-3-8-20/h1-3,7-10,15,18H,4-6,11-14,16H2,(H,24,27). The molecule has 5 heteroatoms. The first-order chi connectivity index (χ1) is 13.7. The van der Waals surface area contributed by atoms with Crippen LogP contribution in [0.3, 0.4) is 0 Å². The van der Waals surface area contributed by atoms with Crippen molar-refractivity contribution >= 4 is 29.3 Å². The maximum atomic E-state index is 12.6. The van der Waals surface area contributed by atoms with Crippen molar-refractivity contribution in [1.29, 1.82) is 0 Å². The molecule has 1 fully saturated rings. The fourth-order valence-corrected chi connectivity index (χ4v) is 4.89. The Morgan fingerprint density at radius 3 is 2.54 bits per heavy atom. The highest BCUT2D eigenvalue weighted by molar-refractivity contribution is 8.00. The molecule has 28 heavy (non-hydrogen) atoms. The maximum Gasteiger partial charge on any atom is 0.232 e. The Bertz CT molecular complexity index is 845. The molecule has 0 spiro atoms. The number of aryl methyl sites for hydroxylation is 2. The van der Waals surface area contributed by atoms with Gasteiger partial charge in [0.2, 0.25) is 11.8 Å². The first kappa shape index (κ1) is 19.1. The molecule has 1 saturated heterocycles. The number of hydrogen-bond acceptors (Lipinski definition) is 3. The van der Waals surface area contributed by atoms with Crippen LogP contribution in [0.2, 0.25) is 0 Å². The van der Waals surface area contributed by atoms with Crippen LogP contribution in [0.25, 0.3) is 0 Å².